The Balaban J connectivity index is 2.15. The minimum absolute atomic E-state index is 0.199. The van der Waals surface area contributed by atoms with Gasteiger partial charge in [-0.2, -0.15) is 0 Å². The monoisotopic (exact) mass is 369 g/mol. The summed E-state index contributed by atoms with van der Waals surface area (Å²) in [4.78, 5) is 0.266. The van der Waals surface area contributed by atoms with E-state index in [-0.39, 0.29) is 10.3 Å². The SMILES string of the molecule is CC(Cl)c1ccc2c3ccccc3n(S(=O)(=O)c3ccccc3)c2c1. The van der Waals surface area contributed by atoms with Crippen molar-refractivity contribution in [1.82, 2.24) is 3.97 Å². The van der Waals surface area contributed by atoms with Crippen molar-refractivity contribution in [2.45, 2.75) is 17.2 Å². The van der Waals surface area contributed by atoms with Gasteiger partial charge in [0, 0.05) is 10.8 Å². The van der Waals surface area contributed by atoms with Crippen molar-refractivity contribution < 1.29 is 8.42 Å². The lowest BCUT2D eigenvalue weighted by molar-refractivity contribution is 0.590. The Morgan fingerprint density at radius 2 is 1.48 bits per heavy atom. The fraction of sp³-hybridized carbons (Fsp3) is 0.100. The van der Waals surface area contributed by atoms with Crippen LogP contribution in [0.25, 0.3) is 21.8 Å². The number of benzene rings is 3. The lowest BCUT2D eigenvalue weighted by Crippen LogP contribution is -2.12. The van der Waals surface area contributed by atoms with Gasteiger partial charge in [0.2, 0.25) is 0 Å². The number of halogens is 1. The first-order chi connectivity index (χ1) is 12.0. The van der Waals surface area contributed by atoms with Gasteiger partial charge >= 0.3 is 0 Å². The van der Waals surface area contributed by atoms with Crippen molar-refractivity contribution in [3.63, 3.8) is 0 Å². The molecule has 1 unspecified atom stereocenters. The summed E-state index contributed by atoms with van der Waals surface area (Å²) in [6.07, 6.45) is 0. The number of aromatic nitrogens is 1. The van der Waals surface area contributed by atoms with Crippen LogP contribution >= 0.6 is 11.6 Å². The van der Waals surface area contributed by atoms with Crippen molar-refractivity contribution in [1.29, 1.82) is 0 Å². The fourth-order valence-electron chi connectivity index (χ4n) is 3.16. The van der Waals surface area contributed by atoms with Crippen LogP contribution in [0.15, 0.2) is 77.7 Å². The van der Waals surface area contributed by atoms with Gasteiger partial charge in [0.15, 0.2) is 0 Å². The quantitative estimate of drug-likeness (QED) is 0.458. The standard InChI is InChI=1S/C20H16ClNO2S/c1-14(21)15-11-12-18-17-9-5-6-10-19(17)22(20(18)13-15)25(23,24)16-7-3-2-4-8-16/h2-14H,1H3. The molecule has 0 aliphatic rings. The third kappa shape index (κ3) is 2.53. The average Bonchev–Trinajstić information content (AvgIpc) is 2.96. The topological polar surface area (TPSA) is 39.1 Å². The van der Waals surface area contributed by atoms with E-state index in [4.69, 9.17) is 11.6 Å². The zero-order chi connectivity index (χ0) is 17.6. The summed E-state index contributed by atoms with van der Waals surface area (Å²) in [6, 6.07) is 21.8. The Hall–Kier alpha value is -2.30. The van der Waals surface area contributed by atoms with E-state index in [1.165, 1.54) is 3.97 Å². The summed E-state index contributed by atoms with van der Waals surface area (Å²) in [5, 5.41) is 1.61. The maximum absolute atomic E-state index is 13.3. The molecule has 126 valence electrons. The van der Waals surface area contributed by atoms with Crippen LogP contribution in [-0.2, 0) is 10.0 Å². The fourth-order valence-corrected chi connectivity index (χ4v) is 4.83. The summed E-state index contributed by atoms with van der Waals surface area (Å²) in [6.45, 7) is 1.88. The molecule has 4 rings (SSSR count). The van der Waals surface area contributed by atoms with Crippen LogP contribution < -0.4 is 0 Å². The second-order valence-corrected chi connectivity index (χ2v) is 8.43. The van der Waals surface area contributed by atoms with Crippen molar-refractivity contribution in [2.75, 3.05) is 0 Å². The summed E-state index contributed by atoms with van der Waals surface area (Å²) in [5.41, 5.74) is 2.21. The summed E-state index contributed by atoms with van der Waals surface area (Å²) in [7, 11) is -3.72. The molecule has 1 heterocycles. The van der Waals surface area contributed by atoms with Crippen LogP contribution in [0.4, 0.5) is 0 Å². The van der Waals surface area contributed by atoms with Crippen LogP contribution in [-0.4, -0.2) is 12.4 Å². The van der Waals surface area contributed by atoms with Gasteiger partial charge in [0.05, 0.1) is 21.3 Å². The van der Waals surface area contributed by atoms with Gasteiger partial charge in [0.1, 0.15) is 0 Å². The molecule has 0 aliphatic heterocycles. The van der Waals surface area contributed by atoms with Crippen LogP contribution in [0.5, 0.6) is 0 Å². The number of para-hydroxylation sites is 1. The van der Waals surface area contributed by atoms with Gasteiger partial charge in [-0.15, -0.1) is 11.6 Å². The van der Waals surface area contributed by atoms with Gasteiger partial charge in [-0.3, -0.25) is 0 Å². The summed E-state index contributed by atoms with van der Waals surface area (Å²) >= 11 is 6.23. The largest absolute Gasteiger partial charge is 0.268 e. The van der Waals surface area contributed by atoms with E-state index in [1.807, 2.05) is 49.4 Å². The maximum atomic E-state index is 13.3. The molecule has 4 aromatic rings. The predicted molar refractivity (Wildman–Crippen MR) is 103 cm³/mol. The van der Waals surface area contributed by atoms with Crippen LogP contribution in [0.3, 0.4) is 0 Å². The van der Waals surface area contributed by atoms with Gasteiger partial charge < -0.3 is 0 Å². The van der Waals surface area contributed by atoms with Gasteiger partial charge in [-0.1, -0.05) is 48.5 Å². The molecular formula is C20H16ClNO2S. The first-order valence-corrected chi connectivity index (χ1v) is 9.85. The molecule has 1 atom stereocenters. The molecule has 0 fully saturated rings. The van der Waals surface area contributed by atoms with E-state index in [0.29, 0.717) is 11.0 Å². The molecule has 0 saturated carbocycles. The third-order valence-corrected chi connectivity index (χ3v) is 6.39. The van der Waals surface area contributed by atoms with Crippen LogP contribution in [0.2, 0.25) is 0 Å². The van der Waals surface area contributed by atoms with E-state index < -0.39 is 10.0 Å². The first-order valence-electron chi connectivity index (χ1n) is 7.98. The molecule has 0 amide bonds. The van der Waals surface area contributed by atoms with E-state index in [0.717, 1.165) is 16.3 Å². The third-order valence-electron chi connectivity index (χ3n) is 4.39. The van der Waals surface area contributed by atoms with E-state index >= 15 is 0 Å². The summed E-state index contributed by atoms with van der Waals surface area (Å²) in [5.74, 6) is 0. The van der Waals surface area contributed by atoms with Crippen LogP contribution in [0.1, 0.15) is 17.9 Å². The highest BCUT2D eigenvalue weighted by molar-refractivity contribution is 7.90. The number of hydrogen-bond donors (Lipinski definition) is 0. The van der Waals surface area contributed by atoms with Crippen LogP contribution in [0, 0.1) is 0 Å². The highest BCUT2D eigenvalue weighted by Gasteiger charge is 2.23. The Labute approximate surface area is 151 Å². The number of rotatable bonds is 3. The van der Waals surface area contributed by atoms with Gasteiger partial charge in [-0.05, 0) is 36.8 Å². The normalized spacial score (nSPS) is 13.4. The van der Waals surface area contributed by atoms with E-state index in [2.05, 4.69) is 0 Å². The smallest absolute Gasteiger partial charge is 0.233 e. The number of nitrogens with zero attached hydrogens (tertiary/aromatic N) is 1. The van der Waals surface area contributed by atoms with Crippen molar-refractivity contribution >= 4 is 43.4 Å². The van der Waals surface area contributed by atoms with Gasteiger partial charge in [0.25, 0.3) is 10.0 Å². The average molecular weight is 370 g/mol. The number of hydrogen-bond acceptors (Lipinski definition) is 2. The summed E-state index contributed by atoms with van der Waals surface area (Å²) < 4.78 is 28.1. The molecule has 0 N–H and O–H groups in total. The predicted octanol–water partition coefficient (Wildman–Crippen LogP) is 5.33. The second-order valence-electron chi connectivity index (χ2n) is 5.99. The molecule has 3 nitrogen and oxygen atoms in total. The van der Waals surface area contributed by atoms with E-state index in [1.54, 1.807) is 30.3 Å². The highest BCUT2D eigenvalue weighted by Crippen LogP contribution is 2.34. The Kier molecular flexibility index (Phi) is 3.82. The first kappa shape index (κ1) is 16.2. The zero-order valence-corrected chi connectivity index (χ0v) is 15.1. The molecule has 3 aromatic carbocycles. The number of fused-ring (bicyclic) bond motifs is 3. The molecule has 1 aromatic heterocycles. The van der Waals surface area contributed by atoms with Crippen molar-refractivity contribution in [2.24, 2.45) is 0 Å². The second kappa shape index (κ2) is 5.90. The minimum Gasteiger partial charge on any atom is -0.233 e. The molecule has 25 heavy (non-hydrogen) atoms. The Morgan fingerprint density at radius 3 is 2.20 bits per heavy atom. The van der Waals surface area contributed by atoms with E-state index in [9.17, 15) is 8.42 Å². The molecule has 0 bridgehead atoms. The Bertz CT molecular complexity index is 1180. The Morgan fingerprint density at radius 1 is 0.840 bits per heavy atom. The zero-order valence-electron chi connectivity index (χ0n) is 13.6. The van der Waals surface area contributed by atoms with Crippen molar-refractivity contribution in [3.05, 3.63) is 78.4 Å². The maximum Gasteiger partial charge on any atom is 0.268 e. The van der Waals surface area contributed by atoms with Crippen molar-refractivity contribution in [3.8, 4) is 0 Å². The minimum atomic E-state index is -3.72. The number of alkyl halides is 1. The highest BCUT2D eigenvalue weighted by atomic mass is 35.5. The molecular weight excluding hydrogens is 354 g/mol. The lowest BCUT2D eigenvalue weighted by Gasteiger charge is -2.10. The molecule has 5 heteroatoms. The molecule has 0 aliphatic carbocycles. The lowest BCUT2D eigenvalue weighted by atomic mass is 10.1. The van der Waals surface area contributed by atoms with Gasteiger partial charge in [-0.25, -0.2) is 12.4 Å². The molecule has 0 saturated heterocycles. The molecule has 0 radical (unpaired) electrons. The molecule has 0 spiro atoms.